The number of hydrogen-bond donors (Lipinski definition) is 1. The third-order valence-electron chi connectivity index (χ3n) is 5.39. The summed E-state index contributed by atoms with van der Waals surface area (Å²) in [7, 11) is 1.52. The van der Waals surface area contributed by atoms with Crippen molar-refractivity contribution in [1.29, 1.82) is 5.26 Å². The minimum atomic E-state index is -0.386. The molecule has 142 valence electrons. The number of allylic oxidation sites excluding steroid dienone is 2. The van der Waals surface area contributed by atoms with Crippen molar-refractivity contribution in [3.05, 3.63) is 69.8 Å². The fourth-order valence-corrected chi connectivity index (χ4v) is 4.14. The highest BCUT2D eigenvalue weighted by atomic mass is 16.6. The van der Waals surface area contributed by atoms with Gasteiger partial charge >= 0.3 is 0 Å². The van der Waals surface area contributed by atoms with E-state index >= 15 is 0 Å². The van der Waals surface area contributed by atoms with Crippen LogP contribution in [0.3, 0.4) is 0 Å². The largest absolute Gasteiger partial charge is 0.494 e. The molecule has 1 aliphatic heterocycles. The molecule has 2 aliphatic rings. The van der Waals surface area contributed by atoms with Crippen LogP contribution in [0.25, 0.3) is 0 Å². The van der Waals surface area contributed by atoms with E-state index in [1.807, 2.05) is 30.3 Å². The second-order valence-corrected chi connectivity index (χ2v) is 6.86. The van der Waals surface area contributed by atoms with Crippen molar-refractivity contribution in [3.8, 4) is 17.6 Å². The average Bonchev–Trinajstić information content (AvgIpc) is 3.21. The summed E-state index contributed by atoms with van der Waals surface area (Å²) in [6.07, 6.45) is 5.15. The van der Waals surface area contributed by atoms with Crippen molar-refractivity contribution in [2.24, 2.45) is 5.92 Å². The number of nitrogens with one attached hydrogen (secondary N) is 1. The van der Waals surface area contributed by atoms with E-state index in [0.717, 1.165) is 23.2 Å². The van der Waals surface area contributed by atoms with E-state index in [4.69, 9.17) is 14.7 Å². The van der Waals surface area contributed by atoms with Gasteiger partial charge in [-0.3, -0.25) is 10.1 Å². The van der Waals surface area contributed by atoms with Gasteiger partial charge in [0.25, 0.3) is 5.69 Å². The Kier molecular flexibility index (Phi) is 4.62. The first-order valence-corrected chi connectivity index (χ1v) is 9.01. The highest BCUT2D eigenvalue weighted by molar-refractivity contribution is 5.71. The Morgan fingerprint density at radius 1 is 1.32 bits per heavy atom. The first-order chi connectivity index (χ1) is 13.6. The van der Waals surface area contributed by atoms with E-state index in [1.165, 1.54) is 13.2 Å². The second-order valence-electron chi connectivity index (χ2n) is 6.86. The lowest BCUT2D eigenvalue weighted by Gasteiger charge is -2.38. The molecule has 0 saturated carbocycles. The number of nitrogens with zero attached hydrogens (tertiary/aromatic N) is 2. The lowest BCUT2D eigenvalue weighted by Crippen LogP contribution is -2.29. The molecule has 1 aliphatic carbocycles. The molecule has 0 saturated heterocycles. The second kappa shape index (κ2) is 7.24. The van der Waals surface area contributed by atoms with Crippen LogP contribution in [0, 0.1) is 27.4 Å². The molecule has 0 fully saturated rings. The number of ether oxygens (including phenoxy) is 2. The van der Waals surface area contributed by atoms with Crippen molar-refractivity contribution in [3.63, 3.8) is 0 Å². The summed E-state index contributed by atoms with van der Waals surface area (Å²) < 4.78 is 10.8. The molecule has 0 bridgehead atoms. The van der Waals surface area contributed by atoms with Crippen molar-refractivity contribution < 1.29 is 14.4 Å². The van der Waals surface area contributed by atoms with Gasteiger partial charge in [0.2, 0.25) is 0 Å². The molecule has 0 spiro atoms. The van der Waals surface area contributed by atoms with E-state index in [1.54, 1.807) is 6.07 Å². The van der Waals surface area contributed by atoms with Crippen LogP contribution in [0.1, 0.15) is 29.5 Å². The molecule has 28 heavy (non-hydrogen) atoms. The minimum absolute atomic E-state index is 0.0129. The zero-order valence-corrected chi connectivity index (χ0v) is 15.3. The Balaban J connectivity index is 1.72. The van der Waals surface area contributed by atoms with E-state index < -0.39 is 0 Å². The van der Waals surface area contributed by atoms with E-state index in [-0.39, 0.29) is 35.1 Å². The molecule has 3 atom stereocenters. The Hall–Kier alpha value is -3.53. The van der Waals surface area contributed by atoms with Crippen LogP contribution in [0.5, 0.6) is 11.5 Å². The predicted octanol–water partition coefficient (Wildman–Crippen LogP) is 4.33. The maximum absolute atomic E-state index is 11.3. The maximum atomic E-state index is 11.3. The fraction of sp³-hybridized carbons (Fsp3) is 0.286. The Labute approximate surface area is 162 Å². The molecule has 0 aromatic heterocycles. The van der Waals surface area contributed by atoms with Crippen LogP contribution in [-0.2, 0) is 0 Å². The highest BCUT2D eigenvalue weighted by Crippen LogP contribution is 2.53. The van der Waals surface area contributed by atoms with Crippen molar-refractivity contribution >= 4 is 11.4 Å². The van der Waals surface area contributed by atoms with Gasteiger partial charge in [-0.25, -0.2) is 0 Å². The number of benzene rings is 2. The molecule has 1 heterocycles. The lowest BCUT2D eigenvalue weighted by molar-refractivity contribution is -0.385. The summed E-state index contributed by atoms with van der Waals surface area (Å²) >= 11 is 0. The van der Waals surface area contributed by atoms with E-state index in [2.05, 4.69) is 17.5 Å². The zero-order chi connectivity index (χ0) is 19.7. The van der Waals surface area contributed by atoms with Crippen LogP contribution in [-0.4, -0.2) is 18.6 Å². The highest BCUT2D eigenvalue weighted by Gasteiger charge is 2.40. The smallest absolute Gasteiger partial charge is 0.273 e. The number of anilines is 1. The third-order valence-corrected chi connectivity index (χ3v) is 5.39. The van der Waals surface area contributed by atoms with Gasteiger partial charge in [-0.05, 0) is 35.6 Å². The molecule has 7 heteroatoms. The maximum Gasteiger partial charge on any atom is 0.273 e. The fourth-order valence-electron chi connectivity index (χ4n) is 4.14. The summed E-state index contributed by atoms with van der Waals surface area (Å²) in [5, 5.41) is 23.5. The molecule has 7 nitrogen and oxygen atoms in total. The molecule has 0 amide bonds. The number of nitriles is 1. The predicted molar refractivity (Wildman–Crippen MR) is 104 cm³/mol. The molecular formula is C21H19N3O4. The lowest BCUT2D eigenvalue weighted by atomic mass is 9.76. The number of methoxy groups -OCH3 is 1. The Bertz CT molecular complexity index is 978. The molecule has 0 unspecified atom stereocenters. The summed E-state index contributed by atoms with van der Waals surface area (Å²) in [4.78, 5) is 10.9. The SMILES string of the molecule is COc1cc([N+](=O)[O-])cc2c1N[C@H](c1ccc(OCC#N)cc1)[C@H]1CC=C[C@@H]21. The van der Waals surface area contributed by atoms with Crippen molar-refractivity contribution in [2.45, 2.75) is 18.4 Å². The van der Waals surface area contributed by atoms with E-state index in [9.17, 15) is 10.1 Å². The van der Waals surface area contributed by atoms with Gasteiger partial charge in [-0.1, -0.05) is 24.3 Å². The summed E-state index contributed by atoms with van der Waals surface area (Å²) in [5.41, 5.74) is 2.83. The van der Waals surface area contributed by atoms with Crippen LogP contribution in [0.2, 0.25) is 0 Å². The minimum Gasteiger partial charge on any atom is -0.494 e. The molecule has 0 radical (unpaired) electrons. The molecule has 2 aromatic carbocycles. The number of nitro groups is 1. The van der Waals surface area contributed by atoms with Gasteiger partial charge in [-0.15, -0.1) is 0 Å². The summed E-state index contributed by atoms with van der Waals surface area (Å²) in [6, 6.07) is 12.8. The zero-order valence-electron chi connectivity index (χ0n) is 15.3. The van der Waals surface area contributed by atoms with Crippen molar-refractivity contribution in [1.82, 2.24) is 0 Å². The molecule has 2 aromatic rings. The number of rotatable bonds is 5. The molecule has 4 rings (SSSR count). The van der Waals surface area contributed by atoms with Crippen LogP contribution in [0.4, 0.5) is 11.4 Å². The topological polar surface area (TPSA) is 97.4 Å². The van der Waals surface area contributed by atoms with Crippen LogP contribution >= 0.6 is 0 Å². The standard InChI is InChI=1S/C21H19N3O4/c1-27-19-12-14(24(25)26)11-18-16-3-2-4-17(16)20(23-21(18)19)13-5-7-15(8-6-13)28-10-9-22/h2-3,5-8,11-12,16-17,20,23H,4,10H2,1H3/t16-,17+,20-/m1/s1. The van der Waals surface area contributed by atoms with Gasteiger partial charge in [0.15, 0.2) is 6.61 Å². The van der Waals surface area contributed by atoms with Crippen molar-refractivity contribution in [2.75, 3.05) is 19.0 Å². The number of nitro benzene ring substituents is 1. The number of non-ortho nitro benzene ring substituents is 1. The number of hydrogen-bond acceptors (Lipinski definition) is 6. The normalized spacial score (nSPS) is 21.8. The average molecular weight is 377 g/mol. The van der Waals surface area contributed by atoms with Crippen LogP contribution < -0.4 is 14.8 Å². The molecule has 1 N–H and O–H groups in total. The van der Waals surface area contributed by atoms with Gasteiger partial charge in [0, 0.05) is 12.0 Å². The van der Waals surface area contributed by atoms with Gasteiger partial charge in [-0.2, -0.15) is 5.26 Å². The molecular weight excluding hydrogens is 358 g/mol. The Morgan fingerprint density at radius 3 is 2.79 bits per heavy atom. The van der Waals surface area contributed by atoms with Gasteiger partial charge in [0.1, 0.15) is 17.6 Å². The van der Waals surface area contributed by atoms with E-state index in [0.29, 0.717) is 11.5 Å². The van der Waals surface area contributed by atoms with Gasteiger partial charge in [0.05, 0.1) is 29.8 Å². The van der Waals surface area contributed by atoms with Gasteiger partial charge < -0.3 is 14.8 Å². The third kappa shape index (κ3) is 3.03. The number of fused-ring (bicyclic) bond motifs is 3. The quantitative estimate of drug-likeness (QED) is 0.473. The first-order valence-electron chi connectivity index (χ1n) is 9.01. The summed E-state index contributed by atoms with van der Waals surface area (Å²) in [5.74, 6) is 1.47. The first kappa shape index (κ1) is 17.9. The van der Waals surface area contributed by atoms with Crippen LogP contribution in [0.15, 0.2) is 48.6 Å². The summed E-state index contributed by atoms with van der Waals surface area (Å²) in [6.45, 7) is 0.0129. The Morgan fingerprint density at radius 2 is 2.11 bits per heavy atom. The monoisotopic (exact) mass is 377 g/mol.